The van der Waals surface area contributed by atoms with Crippen molar-refractivity contribution in [2.45, 2.75) is 26.7 Å². The molecule has 19 heavy (non-hydrogen) atoms. The van der Waals surface area contributed by atoms with Crippen LogP contribution in [0.5, 0.6) is 0 Å². The molecule has 4 N–H and O–H groups in total. The third-order valence-corrected chi connectivity index (χ3v) is 3.38. The Morgan fingerprint density at radius 3 is 2.84 bits per heavy atom. The molecule has 2 rings (SSSR count). The molecule has 2 amide bonds. The number of nitrogens with one attached hydrogen (secondary N) is 2. The van der Waals surface area contributed by atoms with E-state index in [1.165, 1.54) is 0 Å². The molecule has 5 heteroatoms. The van der Waals surface area contributed by atoms with Crippen molar-refractivity contribution in [3.63, 3.8) is 0 Å². The van der Waals surface area contributed by atoms with Gasteiger partial charge in [0.15, 0.2) is 0 Å². The summed E-state index contributed by atoms with van der Waals surface area (Å²) in [4.78, 5) is 23.3. The van der Waals surface area contributed by atoms with Gasteiger partial charge in [-0.05, 0) is 44.0 Å². The summed E-state index contributed by atoms with van der Waals surface area (Å²) in [5, 5.41) is 5.67. The van der Waals surface area contributed by atoms with E-state index in [9.17, 15) is 9.59 Å². The first kappa shape index (κ1) is 13.5. The summed E-state index contributed by atoms with van der Waals surface area (Å²) in [5.74, 6) is -0.0663. The van der Waals surface area contributed by atoms with Crippen LogP contribution in [-0.2, 0) is 16.0 Å². The summed E-state index contributed by atoms with van der Waals surface area (Å²) < 4.78 is 0. The van der Waals surface area contributed by atoms with Gasteiger partial charge in [0, 0.05) is 24.3 Å². The fourth-order valence-electron chi connectivity index (χ4n) is 1.85. The molecule has 1 aromatic carbocycles. The van der Waals surface area contributed by atoms with Gasteiger partial charge >= 0.3 is 0 Å². The van der Waals surface area contributed by atoms with E-state index >= 15 is 0 Å². The minimum atomic E-state index is -0.593. The number of carbonyl (C=O) groups excluding carboxylic acids is 2. The average Bonchev–Trinajstić information content (AvgIpc) is 2.38. The van der Waals surface area contributed by atoms with Crippen molar-refractivity contribution < 1.29 is 9.59 Å². The molecule has 0 bridgehead atoms. The number of rotatable bonds is 3. The predicted octanol–water partition coefficient (Wildman–Crippen LogP) is 1.49. The second-order valence-corrected chi connectivity index (χ2v) is 5.46. The molecular formula is C14H19N3O2. The number of hydrogen-bond acceptors (Lipinski definition) is 3. The minimum absolute atomic E-state index is 0.0357. The monoisotopic (exact) mass is 261 g/mol. The van der Waals surface area contributed by atoms with E-state index in [1.807, 2.05) is 12.1 Å². The van der Waals surface area contributed by atoms with Gasteiger partial charge in [-0.2, -0.15) is 0 Å². The Labute approximate surface area is 112 Å². The molecule has 5 nitrogen and oxygen atoms in total. The lowest BCUT2D eigenvalue weighted by Gasteiger charge is -2.22. The molecule has 0 atom stereocenters. The van der Waals surface area contributed by atoms with Crippen LogP contribution in [0.15, 0.2) is 18.2 Å². The van der Waals surface area contributed by atoms with Gasteiger partial charge in [-0.15, -0.1) is 0 Å². The fourth-order valence-corrected chi connectivity index (χ4v) is 1.85. The number of carbonyl (C=O) groups is 2. The molecule has 0 fully saturated rings. The van der Waals surface area contributed by atoms with Crippen molar-refractivity contribution in [3.05, 3.63) is 23.8 Å². The van der Waals surface area contributed by atoms with Crippen molar-refractivity contribution in [3.8, 4) is 0 Å². The van der Waals surface area contributed by atoms with E-state index in [4.69, 9.17) is 5.73 Å². The standard InChI is InChI=1S/C14H19N3O2/c1-14(2,8-15)13(19)16-10-4-5-11-9(7-10)3-6-12(18)17-11/h4-5,7H,3,6,8,15H2,1-2H3,(H,16,19)(H,17,18). The predicted molar refractivity (Wildman–Crippen MR) is 74.9 cm³/mol. The SMILES string of the molecule is CC(C)(CN)C(=O)Nc1ccc2c(c1)CCC(=O)N2. The molecule has 1 heterocycles. The van der Waals surface area contributed by atoms with Crippen LogP contribution in [0.3, 0.4) is 0 Å². The van der Waals surface area contributed by atoms with Gasteiger partial charge in [-0.3, -0.25) is 9.59 Å². The molecular weight excluding hydrogens is 242 g/mol. The maximum absolute atomic E-state index is 12.0. The number of aryl methyl sites for hydroxylation is 1. The van der Waals surface area contributed by atoms with Gasteiger partial charge < -0.3 is 16.4 Å². The van der Waals surface area contributed by atoms with Crippen LogP contribution in [0.2, 0.25) is 0 Å². The smallest absolute Gasteiger partial charge is 0.231 e. The summed E-state index contributed by atoms with van der Waals surface area (Å²) >= 11 is 0. The summed E-state index contributed by atoms with van der Waals surface area (Å²) in [5.41, 5.74) is 7.59. The van der Waals surface area contributed by atoms with Gasteiger partial charge in [0.05, 0.1) is 5.41 Å². The summed E-state index contributed by atoms with van der Waals surface area (Å²) in [6.07, 6.45) is 1.18. The maximum Gasteiger partial charge on any atom is 0.231 e. The number of anilines is 2. The van der Waals surface area contributed by atoms with Gasteiger partial charge in [0.1, 0.15) is 0 Å². The number of hydrogen-bond donors (Lipinski definition) is 3. The number of nitrogens with two attached hydrogens (primary N) is 1. The molecule has 1 aliphatic heterocycles. The van der Waals surface area contributed by atoms with Crippen molar-refractivity contribution in [2.24, 2.45) is 11.1 Å². The minimum Gasteiger partial charge on any atom is -0.329 e. The number of benzene rings is 1. The summed E-state index contributed by atoms with van der Waals surface area (Å²) in [6.45, 7) is 3.90. The molecule has 0 saturated heterocycles. The molecule has 102 valence electrons. The normalized spacial score (nSPS) is 14.6. The van der Waals surface area contributed by atoms with E-state index < -0.39 is 5.41 Å². The molecule has 0 radical (unpaired) electrons. The molecule has 0 saturated carbocycles. The van der Waals surface area contributed by atoms with Crippen LogP contribution in [0.4, 0.5) is 11.4 Å². The van der Waals surface area contributed by atoms with Gasteiger partial charge in [-0.25, -0.2) is 0 Å². The van der Waals surface area contributed by atoms with E-state index in [-0.39, 0.29) is 11.8 Å². The summed E-state index contributed by atoms with van der Waals surface area (Å²) in [7, 11) is 0. The Hall–Kier alpha value is -1.88. The third-order valence-electron chi connectivity index (χ3n) is 3.38. The van der Waals surface area contributed by atoms with E-state index in [1.54, 1.807) is 19.9 Å². The lowest BCUT2D eigenvalue weighted by molar-refractivity contribution is -0.123. The highest BCUT2D eigenvalue weighted by atomic mass is 16.2. The topological polar surface area (TPSA) is 84.2 Å². The molecule has 0 aliphatic carbocycles. The Bertz CT molecular complexity index is 523. The zero-order chi connectivity index (χ0) is 14.0. The van der Waals surface area contributed by atoms with Crippen molar-refractivity contribution in [2.75, 3.05) is 17.2 Å². The van der Waals surface area contributed by atoms with Crippen LogP contribution in [0.25, 0.3) is 0 Å². The average molecular weight is 261 g/mol. The van der Waals surface area contributed by atoms with E-state index in [0.29, 0.717) is 19.4 Å². The Kier molecular flexibility index (Phi) is 3.57. The first-order chi connectivity index (χ1) is 8.92. The molecule has 1 aromatic rings. The van der Waals surface area contributed by atoms with Gasteiger partial charge in [0.2, 0.25) is 11.8 Å². The Morgan fingerprint density at radius 2 is 2.16 bits per heavy atom. The van der Waals surface area contributed by atoms with E-state index in [2.05, 4.69) is 10.6 Å². The maximum atomic E-state index is 12.0. The quantitative estimate of drug-likeness (QED) is 0.770. The molecule has 1 aliphatic rings. The number of amides is 2. The zero-order valence-electron chi connectivity index (χ0n) is 11.2. The van der Waals surface area contributed by atoms with E-state index in [0.717, 1.165) is 16.9 Å². The first-order valence-corrected chi connectivity index (χ1v) is 6.37. The lowest BCUT2D eigenvalue weighted by atomic mass is 9.92. The third kappa shape index (κ3) is 2.93. The van der Waals surface area contributed by atoms with Crippen LogP contribution in [0, 0.1) is 5.41 Å². The van der Waals surface area contributed by atoms with Crippen LogP contribution >= 0.6 is 0 Å². The Morgan fingerprint density at radius 1 is 1.42 bits per heavy atom. The molecule has 0 spiro atoms. The second-order valence-electron chi connectivity index (χ2n) is 5.46. The fraction of sp³-hybridized carbons (Fsp3) is 0.429. The zero-order valence-corrected chi connectivity index (χ0v) is 11.2. The summed E-state index contributed by atoms with van der Waals surface area (Å²) in [6, 6.07) is 5.51. The highest BCUT2D eigenvalue weighted by Crippen LogP contribution is 2.26. The first-order valence-electron chi connectivity index (χ1n) is 6.37. The van der Waals surface area contributed by atoms with Gasteiger partial charge in [-0.1, -0.05) is 0 Å². The number of fused-ring (bicyclic) bond motifs is 1. The highest BCUT2D eigenvalue weighted by molar-refractivity contribution is 5.97. The molecule has 0 unspecified atom stereocenters. The highest BCUT2D eigenvalue weighted by Gasteiger charge is 2.26. The van der Waals surface area contributed by atoms with Crippen molar-refractivity contribution >= 4 is 23.2 Å². The van der Waals surface area contributed by atoms with Crippen molar-refractivity contribution in [1.29, 1.82) is 0 Å². The second kappa shape index (κ2) is 5.01. The van der Waals surface area contributed by atoms with Crippen LogP contribution in [-0.4, -0.2) is 18.4 Å². The largest absolute Gasteiger partial charge is 0.329 e. The van der Waals surface area contributed by atoms with Gasteiger partial charge in [0.25, 0.3) is 0 Å². The van der Waals surface area contributed by atoms with Crippen LogP contribution < -0.4 is 16.4 Å². The van der Waals surface area contributed by atoms with Crippen LogP contribution in [0.1, 0.15) is 25.8 Å². The van der Waals surface area contributed by atoms with Crippen molar-refractivity contribution in [1.82, 2.24) is 0 Å². The lowest BCUT2D eigenvalue weighted by Crippen LogP contribution is -2.37. The Balaban J connectivity index is 2.15. The molecule has 0 aromatic heterocycles.